The Hall–Kier alpha value is -1.42. The molecule has 2 rings (SSSR count). The minimum atomic E-state index is 0.265. The fourth-order valence-corrected chi connectivity index (χ4v) is 2.85. The van der Waals surface area contributed by atoms with Crippen molar-refractivity contribution >= 4 is 5.91 Å². The monoisotopic (exact) mass is 289 g/mol. The zero-order chi connectivity index (χ0) is 15.1. The number of hydrogen-bond donors (Lipinski definition) is 1. The summed E-state index contributed by atoms with van der Waals surface area (Å²) in [7, 11) is 0. The van der Waals surface area contributed by atoms with E-state index in [0.29, 0.717) is 18.4 Å². The summed E-state index contributed by atoms with van der Waals surface area (Å²) >= 11 is 0. The molecule has 1 amide bonds. The molecule has 0 aromatic carbocycles. The van der Waals surface area contributed by atoms with E-state index >= 15 is 0 Å². The van der Waals surface area contributed by atoms with Gasteiger partial charge in [-0.3, -0.25) is 9.78 Å². The molecule has 4 heteroatoms. The SMILES string of the molecule is CC(C)CN(CC1CCCN1)C(=O)CCc1cccnc1. The lowest BCUT2D eigenvalue weighted by Crippen LogP contribution is -2.42. The number of nitrogens with zero attached hydrogens (tertiary/aromatic N) is 2. The predicted octanol–water partition coefficient (Wildman–Crippen LogP) is 2.25. The van der Waals surface area contributed by atoms with Crippen molar-refractivity contribution in [1.82, 2.24) is 15.2 Å². The number of hydrogen-bond acceptors (Lipinski definition) is 3. The Balaban J connectivity index is 1.87. The summed E-state index contributed by atoms with van der Waals surface area (Å²) in [5.41, 5.74) is 1.13. The van der Waals surface area contributed by atoms with E-state index in [9.17, 15) is 4.79 Å². The van der Waals surface area contributed by atoms with Crippen LogP contribution in [0.4, 0.5) is 0 Å². The summed E-state index contributed by atoms with van der Waals surface area (Å²) in [5.74, 6) is 0.773. The second kappa shape index (κ2) is 8.13. The van der Waals surface area contributed by atoms with Crippen molar-refractivity contribution in [2.24, 2.45) is 5.92 Å². The van der Waals surface area contributed by atoms with Gasteiger partial charge in [-0.25, -0.2) is 0 Å². The Kier molecular flexibility index (Phi) is 6.18. The lowest BCUT2D eigenvalue weighted by Gasteiger charge is -2.27. The Labute approximate surface area is 127 Å². The standard InChI is InChI=1S/C17H27N3O/c1-14(2)12-20(13-16-6-4-10-19-16)17(21)8-7-15-5-3-9-18-11-15/h3,5,9,11,14,16,19H,4,6-8,10,12-13H2,1-2H3. The van der Waals surface area contributed by atoms with E-state index < -0.39 is 0 Å². The number of carbonyl (C=O) groups is 1. The number of amides is 1. The first kappa shape index (κ1) is 16.0. The van der Waals surface area contributed by atoms with Crippen LogP contribution >= 0.6 is 0 Å². The minimum Gasteiger partial charge on any atom is -0.341 e. The molecule has 1 aliphatic rings. The van der Waals surface area contributed by atoms with Gasteiger partial charge in [0.05, 0.1) is 0 Å². The van der Waals surface area contributed by atoms with E-state index in [1.54, 1.807) is 6.20 Å². The van der Waals surface area contributed by atoms with Crippen LogP contribution in [0, 0.1) is 5.92 Å². The first-order valence-corrected chi connectivity index (χ1v) is 8.05. The molecule has 4 nitrogen and oxygen atoms in total. The molecule has 1 N–H and O–H groups in total. The van der Waals surface area contributed by atoms with Crippen molar-refractivity contribution in [3.63, 3.8) is 0 Å². The van der Waals surface area contributed by atoms with Gasteiger partial charge >= 0.3 is 0 Å². The topological polar surface area (TPSA) is 45.2 Å². The molecule has 0 radical (unpaired) electrons. The lowest BCUT2D eigenvalue weighted by molar-refractivity contribution is -0.132. The molecular formula is C17H27N3O. The quantitative estimate of drug-likeness (QED) is 0.837. The molecule has 1 atom stereocenters. The molecule has 1 unspecified atom stereocenters. The molecule has 0 spiro atoms. The van der Waals surface area contributed by atoms with Gasteiger partial charge in [0.2, 0.25) is 5.91 Å². The highest BCUT2D eigenvalue weighted by atomic mass is 16.2. The van der Waals surface area contributed by atoms with Crippen molar-refractivity contribution in [1.29, 1.82) is 0 Å². The normalized spacial score (nSPS) is 18.1. The average molecular weight is 289 g/mol. The van der Waals surface area contributed by atoms with Crippen molar-refractivity contribution in [3.8, 4) is 0 Å². The Morgan fingerprint density at radius 2 is 2.38 bits per heavy atom. The third-order valence-electron chi connectivity index (χ3n) is 3.89. The van der Waals surface area contributed by atoms with Crippen molar-refractivity contribution < 1.29 is 4.79 Å². The highest BCUT2D eigenvalue weighted by Gasteiger charge is 2.21. The molecule has 1 aromatic rings. The van der Waals surface area contributed by atoms with Crippen LogP contribution in [0.3, 0.4) is 0 Å². The van der Waals surface area contributed by atoms with Gasteiger partial charge in [0, 0.05) is 37.9 Å². The van der Waals surface area contributed by atoms with Crippen LogP contribution in [-0.2, 0) is 11.2 Å². The zero-order valence-electron chi connectivity index (χ0n) is 13.2. The largest absolute Gasteiger partial charge is 0.341 e. The van der Waals surface area contributed by atoms with Crippen molar-refractivity contribution in [2.75, 3.05) is 19.6 Å². The van der Waals surface area contributed by atoms with Crippen LogP contribution in [0.15, 0.2) is 24.5 Å². The maximum atomic E-state index is 12.5. The van der Waals surface area contributed by atoms with Gasteiger partial charge in [0.25, 0.3) is 0 Å². The van der Waals surface area contributed by atoms with Crippen LogP contribution in [-0.4, -0.2) is 41.5 Å². The van der Waals surface area contributed by atoms with E-state index in [0.717, 1.165) is 31.6 Å². The summed E-state index contributed by atoms with van der Waals surface area (Å²) in [4.78, 5) is 18.7. The number of carbonyl (C=O) groups excluding carboxylic acids is 1. The van der Waals surface area contributed by atoms with Gasteiger partial charge in [-0.15, -0.1) is 0 Å². The van der Waals surface area contributed by atoms with Crippen LogP contribution < -0.4 is 5.32 Å². The molecule has 0 saturated carbocycles. The van der Waals surface area contributed by atoms with Gasteiger partial charge in [0.1, 0.15) is 0 Å². The number of nitrogens with one attached hydrogen (secondary N) is 1. The van der Waals surface area contributed by atoms with Gasteiger partial charge in [-0.2, -0.15) is 0 Å². The van der Waals surface area contributed by atoms with E-state index in [1.165, 1.54) is 12.8 Å². The number of pyridine rings is 1. The molecule has 0 aliphatic carbocycles. The van der Waals surface area contributed by atoms with Gasteiger partial charge in [0.15, 0.2) is 0 Å². The summed E-state index contributed by atoms with van der Waals surface area (Å²) < 4.78 is 0. The highest BCUT2D eigenvalue weighted by molar-refractivity contribution is 5.76. The lowest BCUT2D eigenvalue weighted by atomic mass is 10.1. The van der Waals surface area contributed by atoms with Crippen LogP contribution in [0.2, 0.25) is 0 Å². The fraction of sp³-hybridized carbons (Fsp3) is 0.647. The fourth-order valence-electron chi connectivity index (χ4n) is 2.85. The number of aryl methyl sites for hydroxylation is 1. The molecule has 21 heavy (non-hydrogen) atoms. The molecule has 2 heterocycles. The van der Waals surface area contributed by atoms with Crippen LogP contribution in [0.1, 0.15) is 38.7 Å². The predicted molar refractivity (Wildman–Crippen MR) is 85.0 cm³/mol. The molecule has 116 valence electrons. The van der Waals surface area contributed by atoms with Crippen molar-refractivity contribution in [2.45, 2.75) is 45.6 Å². The summed E-state index contributed by atoms with van der Waals surface area (Å²) in [6.07, 6.45) is 7.37. The third kappa shape index (κ3) is 5.46. The zero-order valence-corrected chi connectivity index (χ0v) is 13.2. The van der Waals surface area contributed by atoms with Crippen molar-refractivity contribution in [3.05, 3.63) is 30.1 Å². The second-order valence-electron chi connectivity index (χ2n) is 6.35. The number of aromatic nitrogens is 1. The summed E-state index contributed by atoms with van der Waals surface area (Å²) in [6.45, 7) is 7.13. The molecule has 0 bridgehead atoms. The third-order valence-corrected chi connectivity index (χ3v) is 3.89. The maximum absolute atomic E-state index is 12.5. The Morgan fingerprint density at radius 3 is 3.00 bits per heavy atom. The summed E-state index contributed by atoms with van der Waals surface area (Å²) in [5, 5.41) is 3.49. The van der Waals surface area contributed by atoms with E-state index in [1.807, 2.05) is 23.2 Å². The minimum absolute atomic E-state index is 0.265. The maximum Gasteiger partial charge on any atom is 0.222 e. The molecule has 1 fully saturated rings. The van der Waals surface area contributed by atoms with Crippen LogP contribution in [0.25, 0.3) is 0 Å². The van der Waals surface area contributed by atoms with Gasteiger partial charge in [-0.05, 0) is 43.4 Å². The molecular weight excluding hydrogens is 262 g/mol. The molecule has 1 saturated heterocycles. The Morgan fingerprint density at radius 1 is 1.52 bits per heavy atom. The number of rotatable bonds is 7. The molecule has 1 aromatic heterocycles. The van der Waals surface area contributed by atoms with Gasteiger partial charge < -0.3 is 10.2 Å². The smallest absolute Gasteiger partial charge is 0.222 e. The van der Waals surface area contributed by atoms with E-state index in [-0.39, 0.29) is 5.91 Å². The second-order valence-corrected chi connectivity index (χ2v) is 6.35. The highest BCUT2D eigenvalue weighted by Crippen LogP contribution is 2.11. The summed E-state index contributed by atoms with van der Waals surface area (Å²) in [6, 6.07) is 4.44. The first-order chi connectivity index (χ1) is 10.1. The van der Waals surface area contributed by atoms with Crippen LogP contribution in [0.5, 0.6) is 0 Å². The first-order valence-electron chi connectivity index (χ1n) is 8.05. The Bertz CT molecular complexity index is 427. The van der Waals surface area contributed by atoms with E-state index in [2.05, 4.69) is 24.1 Å². The van der Waals surface area contributed by atoms with Gasteiger partial charge in [-0.1, -0.05) is 19.9 Å². The molecule has 1 aliphatic heterocycles. The average Bonchev–Trinajstić information content (AvgIpc) is 2.98. The van der Waals surface area contributed by atoms with E-state index in [4.69, 9.17) is 0 Å².